The third-order valence-electron chi connectivity index (χ3n) is 1.80. The van der Waals surface area contributed by atoms with E-state index in [1.807, 2.05) is 38.2 Å². The lowest BCUT2D eigenvalue weighted by atomic mass is 10.1. The molecule has 0 aromatic carbocycles. The van der Waals surface area contributed by atoms with E-state index < -0.39 is 0 Å². The van der Waals surface area contributed by atoms with Gasteiger partial charge >= 0.3 is 0 Å². The standard InChI is InChI=1S/C12H17Cl/c1-5-8-12(13)9-11(7-3)10(4)6-2/h6-9H,3,5H2,1-2,4H3/b10-6-,11-9-,12-8+. The van der Waals surface area contributed by atoms with Crippen molar-refractivity contribution < 1.29 is 0 Å². The van der Waals surface area contributed by atoms with Crippen molar-refractivity contribution in [2.75, 3.05) is 0 Å². The molecule has 0 rings (SSSR count). The van der Waals surface area contributed by atoms with Gasteiger partial charge in [-0.1, -0.05) is 43.3 Å². The molecular weight excluding hydrogens is 180 g/mol. The summed E-state index contributed by atoms with van der Waals surface area (Å²) >= 11 is 5.97. The van der Waals surface area contributed by atoms with Crippen LogP contribution in [-0.4, -0.2) is 0 Å². The summed E-state index contributed by atoms with van der Waals surface area (Å²) in [5.74, 6) is 0. The third kappa shape index (κ3) is 4.74. The van der Waals surface area contributed by atoms with Crippen LogP contribution >= 0.6 is 11.6 Å². The summed E-state index contributed by atoms with van der Waals surface area (Å²) in [7, 11) is 0. The zero-order valence-corrected chi connectivity index (χ0v) is 9.36. The molecule has 0 aromatic rings. The number of hydrogen-bond donors (Lipinski definition) is 0. The van der Waals surface area contributed by atoms with E-state index in [1.54, 1.807) is 0 Å². The van der Waals surface area contributed by atoms with Crippen LogP contribution in [0.5, 0.6) is 0 Å². The first-order valence-electron chi connectivity index (χ1n) is 4.48. The largest absolute Gasteiger partial charge is 0.0985 e. The van der Waals surface area contributed by atoms with Crippen molar-refractivity contribution in [2.45, 2.75) is 27.2 Å². The van der Waals surface area contributed by atoms with Gasteiger partial charge in [-0.3, -0.25) is 0 Å². The van der Waals surface area contributed by atoms with Gasteiger partial charge in [-0.2, -0.15) is 0 Å². The highest BCUT2D eigenvalue weighted by Crippen LogP contribution is 2.15. The molecule has 1 heteroatoms. The molecule has 0 radical (unpaired) electrons. The highest BCUT2D eigenvalue weighted by molar-refractivity contribution is 6.31. The van der Waals surface area contributed by atoms with Crippen molar-refractivity contribution in [2.24, 2.45) is 0 Å². The lowest BCUT2D eigenvalue weighted by molar-refractivity contribution is 1.22. The van der Waals surface area contributed by atoms with Crippen LogP contribution in [0.4, 0.5) is 0 Å². The van der Waals surface area contributed by atoms with Crippen molar-refractivity contribution in [3.63, 3.8) is 0 Å². The number of halogens is 1. The lowest BCUT2D eigenvalue weighted by Gasteiger charge is -2.00. The molecule has 0 amide bonds. The SMILES string of the molecule is C=CC(=C/C(Cl)=C\CC)/C(C)=C\C. The minimum Gasteiger partial charge on any atom is -0.0985 e. The van der Waals surface area contributed by atoms with Gasteiger partial charge in [-0.25, -0.2) is 0 Å². The maximum Gasteiger partial charge on any atom is 0.0372 e. The van der Waals surface area contributed by atoms with Gasteiger partial charge in [0.05, 0.1) is 0 Å². The molecule has 0 aliphatic carbocycles. The molecule has 72 valence electrons. The lowest BCUT2D eigenvalue weighted by Crippen LogP contribution is -1.80. The molecule has 0 heterocycles. The first kappa shape index (κ1) is 12.2. The van der Waals surface area contributed by atoms with Gasteiger partial charge in [0, 0.05) is 5.03 Å². The molecular formula is C12H17Cl. The van der Waals surface area contributed by atoms with E-state index in [0.29, 0.717) is 0 Å². The van der Waals surface area contributed by atoms with Gasteiger partial charge in [-0.05, 0) is 37.5 Å². The molecule has 0 saturated carbocycles. The van der Waals surface area contributed by atoms with Crippen LogP contribution in [0.15, 0.2) is 47.1 Å². The summed E-state index contributed by atoms with van der Waals surface area (Å²) in [5, 5.41) is 0.776. The molecule has 0 saturated heterocycles. The summed E-state index contributed by atoms with van der Waals surface area (Å²) in [6.07, 6.45) is 8.74. The zero-order valence-electron chi connectivity index (χ0n) is 8.60. The highest BCUT2D eigenvalue weighted by atomic mass is 35.5. The fourth-order valence-corrected chi connectivity index (χ4v) is 1.17. The van der Waals surface area contributed by atoms with E-state index in [4.69, 9.17) is 11.6 Å². The van der Waals surface area contributed by atoms with E-state index >= 15 is 0 Å². The summed E-state index contributed by atoms with van der Waals surface area (Å²) in [4.78, 5) is 0. The van der Waals surface area contributed by atoms with Crippen LogP contribution < -0.4 is 0 Å². The van der Waals surface area contributed by atoms with Crippen LogP contribution in [0, 0.1) is 0 Å². The van der Waals surface area contributed by atoms with Crippen molar-refractivity contribution in [1.82, 2.24) is 0 Å². The molecule has 0 N–H and O–H groups in total. The van der Waals surface area contributed by atoms with Gasteiger partial charge in [0.25, 0.3) is 0 Å². The Morgan fingerprint density at radius 2 is 2.08 bits per heavy atom. The minimum atomic E-state index is 0.776. The van der Waals surface area contributed by atoms with E-state index in [-0.39, 0.29) is 0 Å². The van der Waals surface area contributed by atoms with Crippen molar-refractivity contribution in [1.29, 1.82) is 0 Å². The smallest absolute Gasteiger partial charge is 0.0372 e. The molecule has 0 atom stereocenters. The second kappa shape index (κ2) is 6.73. The quantitative estimate of drug-likeness (QED) is 0.577. The average Bonchev–Trinajstić information content (AvgIpc) is 2.13. The average molecular weight is 197 g/mol. The first-order chi connectivity index (χ1) is 6.15. The predicted molar refractivity (Wildman–Crippen MR) is 61.9 cm³/mol. The summed E-state index contributed by atoms with van der Waals surface area (Å²) in [6.45, 7) is 9.86. The Hall–Kier alpha value is -0.750. The van der Waals surface area contributed by atoms with Gasteiger partial charge in [0.1, 0.15) is 0 Å². The monoisotopic (exact) mass is 196 g/mol. The Morgan fingerprint density at radius 3 is 2.46 bits per heavy atom. The Kier molecular flexibility index (Phi) is 6.34. The molecule has 0 spiro atoms. The fourth-order valence-electron chi connectivity index (χ4n) is 0.903. The molecule has 0 aromatic heterocycles. The van der Waals surface area contributed by atoms with Gasteiger partial charge in [0.15, 0.2) is 0 Å². The summed E-state index contributed by atoms with van der Waals surface area (Å²) in [5.41, 5.74) is 2.27. The predicted octanol–water partition coefficient (Wildman–Crippen LogP) is 4.60. The second-order valence-corrected chi connectivity index (χ2v) is 3.21. The van der Waals surface area contributed by atoms with E-state index in [0.717, 1.165) is 17.0 Å². The topological polar surface area (TPSA) is 0 Å². The maximum absolute atomic E-state index is 5.97. The number of allylic oxidation sites excluding steroid dienone is 7. The molecule has 0 aliphatic heterocycles. The first-order valence-corrected chi connectivity index (χ1v) is 4.86. The highest BCUT2D eigenvalue weighted by Gasteiger charge is 1.94. The molecule has 0 bridgehead atoms. The summed E-state index contributed by atoms with van der Waals surface area (Å²) in [6, 6.07) is 0. The Bertz CT molecular complexity index is 254. The van der Waals surface area contributed by atoms with Crippen LogP contribution in [-0.2, 0) is 0 Å². The maximum atomic E-state index is 5.97. The summed E-state index contributed by atoms with van der Waals surface area (Å²) < 4.78 is 0. The van der Waals surface area contributed by atoms with Crippen molar-refractivity contribution in [3.8, 4) is 0 Å². The van der Waals surface area contributed by atoms with E-state index in [2.05, 4.69) is 13.5 Å². The minimum absolute atomic E-state index is 0.776. The normalized spacial score (nSPS) is 14.6. The molecule has 0 aliphatic rings. The van der Waals surface area contributed by atoms with Crippen LogP contribution in [0.2, 0.25) is 0 Å². The molecule has 0 fully saturated rings. The zero-order chi connectivity index (χ0) is 10.3. The number of hydrogen-bond acceptors (Lipinski definition) is 0. The van der Waals surface area contributed by atoms with E-state index in [1.165, 1.54) is 5.57 Å². The Labute approximate surface area is 86.3 Å². The van der Waals surface area contributed by atoms with Crippen LogP contribution in [0.3, 0.4) is 0 Å². The Morgan fingerprint density at radius 1 is 1.46 bits per heavy atom. The van der Waals surface area contributed by atoms with Crippen molar-refractivity contribution >= 4 is 11.6 Å². The fraction of sp³-hybridized carbons (Fsp3) is 0.333. The molecule has 13 heavy (non-hydrogen) atoms. The molecule has 0 nitrogen and oxygen atoms in total. The van der Waals surface area contributed by atoms with Crippen LogP contribution in [0.25, 0.3) is 0 Å². The van der Waals surface area contributed by atoms with Crippen molar-refractivity contribution in [3.05, 3.63) is 47.1 Å². The van der Waals surface area contributed by atoms with Crippen LogP contribution in [0.1, 0.15) is 27.2 Å². The number of rotatable bonds is 4. The second-order valence-electron chi connectivity index (χ2n) is 2.77. The van der Waals surface area contributed by atoms with E-state index in [9.17, 15) is 0 Å². The van der Waals surface area contributed by atoms with Gasteiger partial charge in [0.2, 0.25) is 0 Å². The molecule has 0 unspecified atom stereocenters. The third-order valence-corrected chi connectivity index (χ3v) is 2.06. The van der Waals surface area contributed by atoms with Gasteiger partial charge in [-0.15, -0.1) is 0 Å². The Balaban J connectivity index is 4.77. The van der Waals surface area contributed by atoms with Gasteiger partial charge < -0.3 is 0 Å².